The van der Waals surface area contributed by atoms with Gasteiger partial charge in [-0.05, 0) is 25.1 Å². The van der Waals surface area contributed by atoms with Gasteiger partial charge in [-0.1, -0.05) is 11.6 Å². The molecule has 2 rings (SSSR count). The number of carbonyl (C=O) groups is 1. The number of rotatable bonds is 4. The van der Waals surface area contributed by atoms with Crippen LogP contribution in [-0.4, -0.2) is 24.5 Å². The Balaban J connectivity index is 2.33. The molecule has 0 aromatic carbocycles. The molecule has 106 valence electrons. The highest BCUT2D eigenvalue weighted by atomic mass is 35.5. The number of aromatic carboxylic acids is 1. The molecule has 2 N–H and O–H groups in total. The zero-order valence-electron chi connectivity index (χ0n) is 10.1. The fourth-order valence-electron chi connectivity index (χ4n) is 1.40. The summed E-state index contributed by atoms with van der Waals surface area (Å²) in [7, 11) is -3.84. The highest BCUT2D eigenvalue weighted by Gasteiger charge is 2.20. The minimum Gasteiger partial charge on any atom is -0.478 e. The maximum Gasteiger partial charge on any atom is 0.336 e. The van der Waals surface area contributed by atoms with Crippen LogP contribution in [0.15, 0.2) is 27.8 Å². The molecular weight excluding hydrogens is 324 g/mol. The second-order valence-electron chi connectivity index (χ2n) is 3.83. The lowest BCUT2D eigenvalue weighted by Gasteiger charge is -2.08. The summed E-state index contributed by atoms with van der Waals surface area (Å²) < 4.78 is 26.5. The average molecular weight is 333 g/mol. The summed E-state index contributed by atoms with van der Waals surface area (Å²) in [5, 5.41) is 10.3. The predicted molar refractivity (Wildman–Crippen MR) is 76.1 cm³/mol. The van der Waals surface area contributed by atoms with E-state index in [1.807, 2.05) is 0 Å². The van der Waals surface area contributed by atoms with E-state index in [9.17, 15) is 13.2 Å². The number of hydrogen-bond donors (Lipinski definition) is 2. The second kappa shape index (κ2) is 5.39. The Labute approximate surface area is 124 Å². The Hall–Kier alpha value is -1.64. The first-order chi connectivity index (χ1) is 9.29. The van der Waals surface area contributed by atoms with Crippen molar-refractivity contribution in [1.29, 1.82) is 0 Å². The quantitative estimate of drug-likeness (QED) is 0.839. The van der Waals surface area contributed by atoms with Crippen LogP contribution in [0.2, 0.25) is 5.15 Å². The molecule has 0 amide bonds. The number of carboxylic acid groups (broad SMARTS) is 1. The minimum absolute atomic E-state index is 0.0682. The normalized spacial score (nSPS) is 11.3. The topological polar surface area (TPSA) is 96.4 Å². The molecule has 0 bridgehead atoms. The molecule has 2 aromatic rings. The molecule has 2 heterocycles. The van der Waals surface area contributed by atoms with Gasteiger partial charge in [-0.3, -0.25) is 4.72 Å². The van der Waals surface area contributed by atoms with E-state index in [4.69, 9.17) is 16.7 Å². The summed E-state index contributed by atoms with van der Waals surface area (Å²) in [6, 6.07) is 4.06. The van der Waals surface area contributed by atoms with Crippen molar-refractivity contribution in [3.8, 4) is 0 Å². The lowest BCUT2D eigenvalue weighted by Crippen LogP contribution is -2.13. The van der Waals surface area contributed by atoms with Gasteiger partial charge in [0.1, 0.15) is 9.36 Å². The lowest BCUT2D eigenvalue weighted by molar-refractivity contribution is 0.0697. The Morgan fingerprint density at radius 1 is 1.45 bits per heavy atom. The molecule has 0 unspecified atom stereocenters. The molecule has 0 saturated carbocycles. The number of hydrogen-bond acceptors (Lipinski definition) is 5. The number of sulfonamides is 1. The van der Waals surface area contributed by atoms with Crippen LogP contribution in [0, 0.1) is 6.92 Å². The third-order valence-electron chi connectivity index (χ3n) is 2.38. The van der Waals surface area contributed by atoms with Crippen LogP contribution in [0.4, 0.5) is 5.69 Å². The molecule has 0 aliphatic rings. The molecular formula is C11H9ClN2O4S2. The summed E-state index contributed by atoms with van der Waals surface area (Å²) in [4.78, 5) is 14.7. The van der Waals surface area contributed by atoms with E-state index >= 15 is 0 Å². The molecule has 0 atom stereocenters. The van der Waals surface area contributed by atoms with Crippen molar-refractivity contribution < 1.29 is 18.3 Å². The predicted octanol–water partition coefficient (Wildman–Crippen LogP) is 2.60. The maximum atomic E-state index is 12.1. The SMILES string of the molecule is Cc1nc(Cl)ccc1NS(=O)(=O)c1cc(C(=O)O)cs1. The van der Waals surface area contributed by atoms with Gasteiger partial charge in [-0.15, -0.1) is 11.3 Å². The lowest BCUT2D eigenvalue weighted by atomic mass is 10.3. The Morgan fingerprint density at radius 2 is 2.15 bits per heavy atom. The molecule has 0 saturated heterocycles. The molecule has 0 aliphatic carbocycles. The Bertz CT molecular complexity index is 770. The first-order valence-electron chi connectivity index (χ1n) is 5.27. The number of nitrogens with one attached hydrogen (secondary N) is 1. The molecule has 9 heteroatoms. The minimum atomic E-state index is -3.84. The van der Waals surface area contributed by atoms with E-state index in [0.29, 0.717) is 11.4 Å². The van der Waals surface area contributed by atoms with Crippen LogP contribution >= 0.6 is 22.9 Å². The first-order valence-corrected chi connectivity index (χ1v) is 8.01. The van der Waals surface area contributed by atoms with E-state index < -0.39 is 16.0 Å². The monoisotopic (exact) mass is 332 g/mol. The Morgan fingerprint density at radius 3 is 2.70 bits per heavy atom. The molecule has 0 aliphatic heterocycles. The first kappa shape index (κ1) is 14.8. The van der Waals surface area contributed by atoms with Crippen LogP contribution in [0.25, 0.3) is 0 Å². The molecule has 6 nitrogen and oxygen atoms in total. The molecule has 20 heavy (non-hydrogen) atoms. The number of aromatic nitrogens is 1. The molecule has 2 aromatic heterocycles. The zero-order valence-corrected chi connectivity index (χ0v) is 12.5. The summed E-state index contributed by atoms with van der Waals surface area (Å²) >= 11 is 6.53. The smallest absolute Gasteiger partial charge is 0.336 e. The van der Waals surface area contributed by atoms with Crippen molar-refractivity contribution in [2.24, 2.45) is 0 Å². The van der Waals surface area contributed by atoms with Gasteiger partial charge in [0.15, 0.2) is 0 Å². The van der Waals surface area contributed by atoms with E-state index in [1.165, 1.54) is 17.5 Å². The van der Waals surface area contributed by atoms with Crippen molar-refractivity contribution in [1.82, 2.24) is 4.98 Å². The summed E-state index contributed by atoms with van der Waals surface area (Å²) in [5.41, 5.74) is 0.650. The largest absolute Gasteiger partial charge is 0.478 e. The maximum absolute atomic E-state index is 12.1. The van der Waals surface area contributed by atoms with E-state index in [0.717, 1.165) is 17.4 Å². The van der Waals surface area contributed by atoms with Gasteiger partial charge in [0.25, 0.3) is 10.0 Å². The number of anilines is 1. The average Bonchev–Trinajstić information content (AvgIpc) is 2.83. The third-order valence-corrected chi connectivity index (χ3v) is 5.40. The number of nitrogens with zero attached hydrogens (tertiary/aromatic N) is 1. The highest BCUT2D eigenvalue weighted by Crippen LogP contribution is 2.24. The zero-order chi connectivity index (χ0) is 14.9. The van der Waals surface area contributed by atoms with Gasteiger partial charge in [0.05, 0.1) is 16.9 Å². The van der Waals surface area contributed by atoms with Crippen LogP contribution < -0.4 is 4.72 Å². The van der Waals surface area contributed by atoms with E-state index in [2.05, 4.69) is 9.71 Å². The molecule has 0 fully saturated rings. The van der Waals surface area contributed by atoms with E-state index in [-0.39, 0.29) is 14.9 Å². The van der Waals surface area contributed by atoms with Crippen LogP contribution in [0.3, 0.4) is 0 Å². The number of carboxylic acids is 1. The van der Waals surface area contributed by atoms with Crippen molar-refractivity contribution in [2.75, 3.05) is 4.72 Å². The fraction of sp³-hybridized carbons (Fsp3) is 0.0909. The van der Waals surface area contributed by atoms with Crippen molar-refractivity contribution in [2.45, 2.75) is 11.1 Å². The van der Waals surface area contributed by atoms with Gasteiger partial charge in [-0.25, -0.2) is 18.2 Å². The number of thiophene rings is 1. The van der Waals surface area contributed by atoms with E-state index in [1.54, 1.807) is 6.92 Å². The molecule has 0 spiro atoms. The molecule has 0 radical (unpaired) electrons. The van der Waals surface area contributed by atoms with Crippen LogP contribution in [-0.2, 0) is 10.0 Å². The number of halogens is 1. The summed E-state index contributed by atoms with van der Waals surface area (Å²) in [6.45, 7) is 1.61. The van der Waals surface area contributed by atoms with Crippen LogP contribution in [0.1, 0.15) is 16.1 Å². The fourth-order valence-corrected chi connectivity index (χ4v) is 3.86. The van der Waals surface area contributed by atoms with Gasteiger partial charge >= 0.3 is 5.97 Å². The van der Waals surface area contributed by atoms with Crippen molar-refractivity contribution >= 4 is 44.6 Å². The van der Waals surface area contributed by atoms with Crippen LogP contribution in [0.5, 0.6) is 0 Å². The van der Waals surface area contributed by atoms with Gasteiger partial charge < -0.3 is 5.11 Å². The number of aryl methyl sites for hydroxylation is 1. The van der Waals surface area contributed by atoms with Crippen molar-refractivity contribution in [3.63, 3.8) is 0 Å². The second-order valence-corrected chi connectivity index (χ2v) is 7.04. The standard InChI is InChI=1S/C11H9ClN2O4S2/c1-6-8(2-3-9(12)13-6)14-20(17,18)10-4-7(5-19-10)11(15)16/h2-5,14H,1H3,(H,15,16). The number of pyridine rings is 1. The van der Waals surface area contributed by atoms with Gasteiger partial charge in [-0.2, -0.15) is 0 Å². The summed E-state index contributed by atoms with van der Waals surface area (Å²) in [5.74, 6) is -1.17. The summed E-state index contributed by atoms with van der Waals surface area (Å²) in [6.07, 6.45) is 0. The van der Waals surface area contributed by atoms with Gasteiger partial charge in [0, 0.05) is 5.38 Å². The van der Waals surface area contributed by atoms with Gasteiger partial charge in [0.2, 0.25) is 0 Å². The van der Waals surface area contributed by atoms with Crippen molar-refractivity contribution in [3.05, 3.63) is 40.0 Å². The highest BCUT2D eigenvalue weighted by molar-refractivity contribution is 7.94. The third kappa shape index (κ3) is 3.09. The Kier molecular flexibility index (Phi) is 3.98.